The summed E-state index contributed by atoms with van der Waals surface area (Å²) in [4.78, 5) is 39.3. The van der Waals surface area contributed by atoms with Crippen molar-refractivity contribution in [2.45, 2.75) is 64.1 Å². The quantitative estimate of drug-likeness (QED) is 0.331. The molecule has 3 fully saturated rings. The minimum atomic E-state index is -0.895. The van der Waals surface area contributed by atoms with Gasteiger partial charge in [0.15, 0.2) is 0 Å². The van der Waals surface area contributed by atoms with Crippen molar-refractivity contribution in [1.29, 1.82) is 0 Å². The molecule has 3 heterocycles. The highest BCUT2D eigenvalue weighted by Gasteiger charge is 2.48. The van der Waals surface area contributed by atoms with Crippen LogP contribution >= 0.6 is 11.6 Å². The van der Waals surface area contributed by atoms with E-state index in [4.69, 9.17) is 11.6 Å². The molecule has 3 aliphatic rings. The van der Waals surface area contributed by atoms with Crippen LogP contribution < -0.4 is 16.2 Å². The number of hydrogen-bond donors (Lipinski definition) is 3. The van der Waals surface area contributed by atoms with Crippen LogP contribution in [-0.4, -0.2) is 47.6 Å². The fourth-order valence-electron chi connectivity index (χ4n) is 5.37. The first-order valence-electron chi connectivity index (χ1n) is 13.4. The third kappa shape index (κ3) is 5.61. The highest BCUT2D eigenvalue weighted by atomic mass is 35.5. The van der Waals surface area contributed by atoms with E-state index < -0.39 is 29.5 Å². The van der Waals surface area contributed by atoms with Crippen LogP contribution in [0.25, 0.3) is 0 Å². The van der Waals surface area contributed by atoms with Crippen molar-refractivity contribution in [3.05, 3.63) is 57.2 Å². The summed E-state index contributed by atoms with van der Waals surface area (Å²) in [5.41, 5.74) is 0.0468. The maximum atomic E-state index is 14.9. The SMILES string of the molecule is CC(c1cc(Cl)n[nH]c1=O)n1cc(NC(=O)C(NC(=O)c2ccnn2CC2CC2)C(C2CC2)C2CC2)c(F)n1. The van der Waals surface area contributed by atoms with E-state index in [-0.39, 0.29) is 28.2 Å². The number of amides is 2. The molecule has 2 unspecified atom stereocenters. The number of nitrogens with zero attached hydrogens (tertiary/aromatic N) is 5. The summed E-state index contributed by atoms with van der Waals surface area (Å²) in [5.74, 6) is -0.546. The van der Waals surface area contributed by atoms with Crippen LogP contribution in [0.4, 0.5) is 10.1 Å². The summed E-state index contributed by atoms with van der Waals surface area (Å²) >= 11 is 5.91. The maximum Gasteiger partial charge on any atom is 0.270 e. The average Bonchev–Trinajstić information content (AvgIpc) is 3.80. The van der Waals surface area contributed by atoms with E-state index in [2.05, 4.69) is 31.0 Å². The molecule has 3 saturated carbocycles. The van der Waals surface area contributed by atoms with Gasteiger partial charge in [0, 0.05) is 18.3 Å². The van der Waals surface area contributed by atoms with Gasteiger partial charge in [-0.3, -0.25) is 23.7 Å². The largest absolute Gasteiger partial charge is 0.339 e. The fraction of sp³-hybridized carbons (Fsp3) is 0.538. The van der Waals surface area contributed by atoms with Crippen LogP contribution in [-0.2, 0) is 11.3 Å². The van der Waals surface area contributed by atoms with E-state index in [0.717, 1.165) is 38.5 Å². The molecule has 0 aromatic carbocycles. The predicted octanol–water partition coefficient (Wildman–Crippen LogP) is 3.15. The molecule has 0 spiro atoms. The Kier molecular flexibility index (Phi) is 6.74. The van der Waals surface area contributed by atoms with Gasteiger partial charge in [0.25, 0.3) is 17.4 Å². The Morgan fingerprint density at radius 3 is 2.59 bits per heavy atom. The first kappa shape index (κ1) is 25.7. The molecule has 2 amide bonds. The second-order valence-corrected chi connectivity index (χ2v) is 11.4. The molecule has 6 rings (SSSR count). The number of halogens is 2. The Balaban J connectivity index is 1.23. The Morgan fingerprint density at radius 2 is 1.92 bits per heavy atom. The molecule has 39 heavy (non-hydrogen) atoms. The number of rotatable bonds is 11. The lowest BCUT2D eigenvalue weighted by molar-refractivity contribution is -0.119. The molecule has 0 saturated heterocycles. The normalized spacial score (nSPS) is 18.7. The molecular formula is C26H30ClFN8O3. The number of aromatic nitrogens is 6. The van der Waals surface area contributed by atoms with Crippen LogP contribution in [0.1, 0.15) is 67.5 Å². The van der Waals surface area contributed by atoms with Gasteiger partial charge in [0.1, 0.15) is 22.6 Å². The van der Waals surface area contributed by atoms with Crippen molar-refractivity contribution >= 4 is 29.1 Å². The zero-order valence-electron chi connectivity index (χ0n) is 21.4. The number of carbonyl (C=O) groups is 2. The van der Waals surface area contributed by atoms with Gasteiger partial charge in [-0.2, -0.15) is 14.6 Å². The monoisotopic (exact) mass is 556 g/mol. The summed E-state index contributed by atoms with van der Waals surface area (Å²) in [6.45, 7) is 2.33. The van der Waals surface area contributed by atoms with Gasteiger partial charge < -0.3 is 10.6 Å². The number of carbonyl (C=O) groups excluding carboxylic acids is 2. The van der Waals surface area contributed by atoms with E-state index in [0.29, 0.717) is 30.0 Å². The van der Waals surface area contributed by atoms with Crippen molar-refractivity contribution in [1.82, 2.24) is 35.1 Å². The summed E-state index contributed by atoms with van der Waals surface area (Å²) < 4.78 is 17.9. The van der Waals surface area contributed by atoms with E-state index in [1.807, 2.05) is 0 Å². The zero-order valence-corrected chi connectivity index (χ0v) is 22.2. The Hall–Kier alpha value is -3.54. The standard InChI is InChI=1S/C26H30ClFN8O3/c1-13(17-10-20(27)32-33-24(17)37)35-12-18(23(28)34-35)30-26(39)22(21(15-4-5-15)16-6-7-16)31-25(38)19-8-9-29-36(19)11-14-2-3-14/h8-10,12-16,21-22H,2-7,11H2,1H3,(H,30,39)(H,31,38)(H,33,37). The van der Waals surface area contributed by atoms with Gasteiger partial charge in [0.05, 0.1) is 12.2 Å². The smallest absolute Gasteiger partial charge is 0.270 e. The number of aromatic amines is 1. The highest BCUT2D eigenvalue weighted by molar-refractivity contribution is 6.29. The van der Waals surface area contributed by atoms with Gasteiger partial charge in [-0.05, 0) is 81.3 Å². The van der Waals surface area contributed by atoms with E-state index in [1.54, 1.807) is 23.9 Å². The molecular weight excluding hydrogens is 527 g/mol. The molecule has 2 atom stereocenters. The number of hydrogen-bond acceptors (Lipinski definition) is 6. The Bertz CT molecular complexity index is 1440. The van der Waals surface area contributed by atoms with Crippen molar-refractivity contribution in [2.24, 2.45) is 23.7 Å². The van der Waals surface area contributed by atoms with E-state index >= 15 is 0 Å². The molecule has 0 bridgehead atoms. The lowest BCUT2D eigenvalue weighted by Crippen LogP contribution is -2.50. The van der Waals surface area contributed by atoms with Crippen LogP contribution in [0.5, 0.6) is 0 Å². The maximum absolute atomic E-state index is 14.9. The lowest BCUT2D eigenvalue weighted by atomic mass is 9.88. The van der Waals surface area contributed by atoms with Gasteiger partial charge in [-0.15, -0.1) is 5.10 Å². The van der Waals surface area contributed by atoms with Gasteiger partial charge in [-0.25, -0.2) is 5.10 Å². The molecule has 206 valence electrons. The van der Waals surface area contributed by atoms with Crippen molar-refractivity contribution in [3.63, 3.8) is 0 Å². The number of nitrogens with one attached hydrogen (secondary N) is 3. The van der Waals surface area contributed by atoms with Gasteiger partial charge in [0.2, 0.25) is 5.91 Å². The van der Waals surface area contributed by atoms with Gasteiger partial charge in [-0.1, -0.05) is 11.6 Å². The molecule has 3 aromatic heterocycles. The first-order valence-corrected chi connectivity index (χ1v) is 13.8. The van der Waals surface area contributed by atoms with Crippen LogP contribution in [0.15, 0.2) is 29.3 Å². The number of H-pyrrole nitrogens is 1. The highest BCUT2D eigenvalue weighted by Crippen LogP contribution is 2.51. The third-order valence-corrected chi connectivity index (χ3v) is 8.15. The molecule has 0 aliphatic heterocycles. The second-order valence-electron chi connectivity index (χ2n) is 11.0. The van der Waals surface area contributed by atoms with Gasteiger partial charge >= 0.3 is 0 Å². The summed E-state index contributed by atoms with van der Waals surface area (Å²) in [6.07, 6.45) is 9.20. The Morgan fingerprint density at radius 1 is 1.21 bits per heavy atom. The van der Waals surface area contributed by atoms with Crippen molar-refractivity contribution in [3.8, 4) is 0 Å². The molecule has 3 N–H and O–H groups in total. The summed E-state index contributed by atoms with van der Waals surface area (Å²) in [6, 6.07) is 1.54. The first-order chi connectivity index (χ1) is 18.8. The fourth-order valence-corrected chi connectivity index (χ4v) is 5.53. The van der Waals surface area contributed by atoms with Crippen molar-refractivity contribution in [2.75, 3.05) is 5.32 Å². The van der Waals surface area contributed by atoms with E-state index in [1.165, 1.54) is 16.9 Å². The molecule has 11 nitrogen and oxygen atoms in total. The third-order valence-electron chi connectivity index (χ3n) is 7.96. The Labute approximate surface area is 228 Å². The molecule has 0 radical (unpaired) electrons. The summed E-state index contributed by atoms with van der Waals surface area (Å²) in [5, 5.41) is 19.8. The van der Waals surface area contributed by atoms with E-state index in [9.17, 15) is 18.8 Å². The molecule has 3 aromatic rings. The number of anilines is 1. The second kappa shape index (κ2) is 10.2. The summed E-state index contributed by atoms with van der Waals surface area (Å²) in [7, 11) is 0. The predicted molar refractivity (Wildman–Crippen MR) is 140 cm³/mol. The average molecular weight is 557 g/mol. The van der Waals surface area contributed by atoms with Crippen LogP contribution in [0.2, 0.25) is 5.15 Å². The minimum Gasteiger partial charge on any atom is -0.339 e. The van der Waals surface area contributed by atoms with Crippen LogP contribution in [0.3, 0.4) is 0 Å². The van der Waals surface area contributed by atoms with Crippen LogP contribution in [0, 0.1) is 29.6 Å². The topological polar surface area (TPSA) is 140 Å². The van der Waals surface area contributed by atoms with Crippen molar-refractivity contribution < 1.29 is 14.0 Å². The lowest BCUT2D eigenvalue weighted by Gasteiger charge is -2.27. The minimum absolute atomic E-state index is 0.0247. The molecule has 3 aliphatic carbocycles. The zero-order chi connectivity index (χ0) is 27.3. The molecule has 13 heteroatoms.